The fourth-order valence-electron chi connectivity index (χ4n) is 1.74. The number of carbonyl (C=O) groups is 1. The smallest absolute Gasteiger partial charge is 0.257 e. The Morgan fingerprint density at radius 3 is 2.65 bits per heavy atom. The summed E-state index contributed by atoms with van der Waals surface area (Å²) >= 11 is 6.70. The third-order valence-corrected chi connectivity index (χ3v) is 3.87. The highest BCUT2D eigenvalue weighted by molar-refractivity contribution is 7.99. The maximum atomic E-state index is 12.2. The van der Waals surface area contributed by atoms with E-state index in [1.165, 1.54) is 11.8 Å². The fraction of sp³-hybridized carbons (Fsp3) is 0.286. The molecule has 9 heteroatoms. The van der Waals surface area contributed by atoms with Gasteiger partial charge in [-0.3, -0.25) is 15.5 Å². The maximum Gasteiger partial charge on any atom is 0.257 e. The average Bonchev–Trinajstić information content (AvgIpc) is 2.88. The maximum absolute atomic E-state index is 12.2. The minimum Gasteiger partial charge on any atom is -0.497 e. The monoisotopic (exact) mass is 351 g/mol. The fourth-order valence-corrected chi connectivity index (χ4v) is 2.59. The SMILES string of the molecule is CCSc1nnc(C)n1NC(=S)NC(=O)c1ccc(OC)cc1. The zero-order valence-corrected chi connectivity index (χ0v) is 14.6. The predicted molar refractivity (Wildman–Crippen MR) is 93.6 cm³/mol. The van der Waals surface area contributed by atoms with Gasteiger partial charge in [-0.2, -0.15) is 0 Å². The summed E-state index contributed by atoms with van der Waals surface area (Å²) in [6.45, 7) is 3.82. The van der Waals surface area contributed by atoms with Gasteiger partial charge in [-0.25, -0.2) is 4.68 Å². The van der Waals surface area contributed by atoms with E-state index in [1.54, 1.807) is 43.0 Å². The number of aryl methyl sites for hydroxylation is 1. The summed E-state index contributed by atoms with van der Waals surface area (Å²) in [6.07, 6.45) is 0. The molecule has 0 aliphatic heterocycles. The van der Waals surface area contributed by atoms with Gasteiger partial charge in [-0.15, -0.1) is 10.2 Å². The molecule has 0 unspecified atom stereocenters. The van der Waals surface area contributed by atoms with Crippen LogP contribution >= 0.6 is 24.0 Å². The van der Waals surface area contributed by atoms with Gasteiger partial charge >= 0.3 is 0 Å². The highest BCUT2D eigenvalue weighted by Crippen LogP contribution is 2.14. The van der Waals surface area contributed by atoms with E-state index in [2.05, 4.69) is 20.9 Å². The van der Waals surface area contributed by atoms with Crippen LogP contribution in [0.15, 0.2) is 29.4 Å². The Hall–Kier alpha value is -2.13. The number of thioether (sulfide) groups is 1. The molecule has 0 aliphatic carbocycles. The van der Waals surface area contributed by atoms with Crippen LogP contribution in [-0.2, 0) is 0 Å². The molecule has 0 atom stereocenters. The summed E-state index contributed by atoms with van der Waals surface area (Å²) in [5.74, 6) is 1.89. The summed E-state index contributed by atoms with van der Waals surface area (Å²) in [5, 5.41) is 11.5. The van der Waals surface area contributed by atoms with Gasteiger partial charge in [0.25, 0.3) is 5.91 Å². The van der Waals surface area contributed by atoms with E-state index in [-0.39, 0.29) is 11.0 Å². The number of nitrogens with zero attached hydrogens (tertiary/aromatic N) is 3. The minimum absolute atomic E-state index is 0.173. The van der Waals surface area contributed by atoms with Gasteiger partial charge in [0.1, 0.15) is 11.6 Å². The number of thiocarbonyl (C=S) groups is 1. The Bertz CT molecular complexity index is 700. The Kier molecular flexibility index (Phi) is 5.94. The van der Waals surface area contributed by atoms with Crippen LogP contribution in [0.5, 0.6) is 5.75 Å². The Morgan fingerprint density at radius 2 is 2.04 bits per heavy atom. The molecule has 7 nitrogen and oxygen atoms in total. The normalized spacial score (nSPS) is 10.2. The lowest BCUT2D eigenvalue weighted by molar-refractivity contribution is 0.0977. The zero-order chi connectivity index (χ0) is 16.8. The first-order valence-electron chi connectivity index (χ1n) is 6.86. The molecule has 0 saturated carbocycles. The van der Waals surface area contributed by atoms with Gasteiger partial charge in [0.05, 0.1) is 7.11 Å². The standard InChI is InChI=1S/C14H17N5O2S2/c1-4-23-14-17-16-9(2)19(14)18-13(22)15-12(20)10-5-7-11(21-3)8-6-10/h5-8H,4H2,1-3H3,(H2,15,18,20,22). The van der Waals surface area contributed by atoms with Gasteiger partial charge in [-0.05, 0) is 49.2 Å². The summed E-state index contributed by atoms with van der Waals surface area (Å²) in [4.78, 5) is 12.2. The van der Waals surface area contributed by atoms with Crippen molar-refractivity contribution in [2.45, 2.75) is 19.0 Å². The van der Waals surface area contributed by atoms with Crippen molar-refractivity contribution >= 4 is 35.0 Å². The van der Waals surface area contributed by atoms with E-state index in [0.717, 1.165) is 5.75 Å². The summed E-state index contributed by atoms with van der Waals surface area (Å²) in [5.41, 5.74) is 3.40. The van der Waals surface area contributed by atoms with Gasteiger partial charge in [-0.1, -0.05) is 18.7 Å². The zero-order valence-electron chi connectivity index (χ0n) is 13.0. The van der Waals surface area contributed by atoms with E-state index >= 15 is 0 Å². The number of nitrogens with one attached hydrogen (secondary N) is 2. The van der Waals surface area contributed by atoms with Crippen LogP contribution in [0.2, 0.25) is 0 Å². The number of hydrogen-bond acceptors (Lipinski definition) is 6. The van der Waals surface area contributed by atoms with Crippen molar-refractivity contribution in [2.75, 3.05) is 18.3 Å². The summed E-state index contributed by atoms with van der Waals surface area (Å²) < 4.78 is 6.70. The number of hydrogen-bond donors (Lipinski definition) is 2. The first kappa shape index (κ1) is 17.2. The molecule has 1 aromatic carbocycles. The number of methoxy groups -OCH3 is 1. The second kappa shape index (κ2) is 7.93. The summed E-state index contributed by atoms with van der Waals surface area (Å²) in [6, 6.07) is 6.76. The molecule has 0 fully saturated rings. The van der Waals surface area contributed by atoms with Crippen molar-refractivity contribution in [3.63, 3.8) is 0 Å². The number of ether oxygens (including phenoxy) is 1. The number of aromatic nitrogens is 3. The van der Waals surface area contributed by atoms with Crippen molar-refractivity contribution in [2.24, 2.45) is 0 Å². The molecule has 122 valence electrons. The molecule has 1 heterocycles. The minimum atomic E-state index is -0.305. The second-order valence-corrected chi connectivity index (χ2v) is 6.06. The number of rotatable bonds is 5. The lowest BCUT2D eigenvalue weighted by atomic mass is 10.2. The van der Waals surface area contributed by atoms with E-state index < -0.39 is 0 Å². The van der Waals surface area contributed by atoms with Gasteiger partial charge < -0.3 is 4.74 Å². The van der Waals surface area contributed by atoms with Crippen molar-refractivity contribution in [1.29, 1.82) is 0 Å². The predicted octanol–water partition coefficient (Wildman–Crippen LogP) is 1.97. The molecule has 0 saturated heterocycles. The molecule has 2 rings (SSSR count). The van der Waals surface area contributed by atoms with Gasteiger partial charge in [0.2, 0.25) is 5.16 Å². The summed E-state index contributed by atoms with van der Waals surface area (Å²) in [7, 11) is 1.57. The van der Waals surface area contributed by atoms with Crippen LogP contribution in [0, 0.1) is 6.92 Å². The van der Waals surface area contributed by atoms with E-state index in [0.29, 0.717) is 22.3 Å². The largest absolute Gasteiger partial charge is 0.497 e. The van der Waals surface area contributed by atoms with Gasteiger partial charge in [0, 0.05) is 5.56 Å². The van der Waals surface area contributed by atoms with Crippen molar-refractivity contribution in [3.8, 4) is 5.75 Å². The van der Waals surface area contributed by atoms with Crippen LogP contribution in [0.3, 0.4) is 0 Å². The quantitative estimate of drug-likeness (QED) is 0.629. The molecule has 0 bridgehead atoms. The molecule has 2 aromatic rings. The van der Waals surface area contributed by atoms with Crippen molar-refractivity contribution < 1.29 is 9.53 Å². The van der Waals surface area contributed by atoms with Crippen LogP contribution in [0.1, 0.15) is 23.1 Å². The number of benzene rings is 1. The molecule has 0 radical (unpaired) electrons. The highest BCUT2D eigenvalue weighted by atomic mass is 32.2. The molecule has 2 N–H and O–H groups in total. The molecule has 0 spiro atoms. The van der Waals surface area contributed by atoms with E-state index in [1.807, 2.05) is 6.92 Å². The Balaban J connectivity index is 2.01. The van der Waals surface area contributed by atoms with Crippen molar-refractivity contribution in [3.05, 3.63) is 35.7 Å². The van der Waals surface area contributed by atoms with Crippen LogP contribution in [0.4, 0.5) is 0 Å². The van der Waals surface area contributed by atoms with E-state index in [4.69, 9.17) is 17.0 Å². The average molecular weight is 351 g/mol. The lowest BCUT2D eigenvalue weighted by Crippen LogP contribution is -2.38. The first-order chi connectivity index (χ1) is 11.0. The van der Waals surface area contributed by atoms with Crippen LogP contribution < -0.4 is 15.5 Å². The van der Waals surface area contributed by atoms with Crippen molar-refractivity contribution in [1.82, 2.24) is 20.2 Å². The molecule has 1 amide bonds. The Morgan fingerprint density at radius 1 is 1.35 bits per heavy atom. The third-order valence-electron chi connectivity index (χ3n) is 2.86. The Labute approximate surface area is 143 Å². The van der Waals surface area contributed by atoms with E-state index in [9.17, 15) is 4.79 Å². The van der Waals surface area contributed by atoms with Crippen LogP contribution in [-0.4, -0.2) is 38.8 Å². The molecular weight excluding hydrogens is 334 g/mol. The molecule has 1 aromatic heterocycles. The highest BCUT2D eigenvalue weighted by Gasteiger charge is 2.12. The molecule has 0 aliphatic rings. The second-order valence-electron chi connectivity index (χ2n) is 4.42. The van der Waals surface area contributed by atoms with Gasteiger partial charge in [0.15, 0.2) is 5.11 Å². The topological polar surface area (TPSA) is 81.1 Å². The first-order valence-corrected chi connectivity index (χ1v) is 8.25. The molecular formula is C14H17N5O2S2. The number of carbonyl (C=O) groups excluding carboxylic acids is 1. The lowest BCUT2D eigenvalue weighted by Gasteiger charge is -2.12. The number of amides is 1. The van der Waals surface area contributed by atoms with Crippen LogP contribution in [0.25, 0.3) is 0 Å². The third kappa shape index (κ3) is 4.42. The molecule has 23 heavy (non-hydrogen) atoms.